The molecule has 0 atom stereocenters. The molecule has 1 aliphatic heterocycles. The molecule has 4 aromatic rings. The highest BCUT2D eigenvalue weighted by Gasteiger charge is 2.24. The first-order valence-electron chi connectivity index (χ1n) is 11.8. The summed E-state index contributed by atoms with van der Waals surface area (Å²) in [6, 6.07) is 14.2. The largest absolute Gasteiger partial charge is 0.368 e. The molecule has 1 fully saturated rings. The highest BCUT2D eigenvalue weighted by atomic mass is 16.2. The summed E-state index contributed by atoms with van der Waals surface area (Å²) < 4.78 is 4.07. The highest BCUT2D eigenvalue weighted by Crippen LogP contribution is 2.25. The van der Waals surface area contributed by atoms with Crippen LogP contribution in [0.15, 0.2) is 61.1 Å². The van der Waals surface area contributed by atoms with Crippen LogP contribution in [-0.2, 0) is 20.0 Å². The number of hydrogen-bond donors (Lipinski definition) is 0. The second-order valence-electron chi connectivity index (χ2n) is 8.81. The Kier molecular flexibility index (Phi) is 5.96. The van der Waals surface area contributed by atoms with Crippen molar-refractivity contribution in [3.63, 3.8) is 0 Å². The Hall–Kier alpha value is -3.81. The summed E-state index contributed by atoms with van der Waals surface area (Å²) >= 11 is 0. The van der Waals surface area contributed by atoms with Crippen LogP contribution in [0.2, 0.25) is 0 Å². The standard InChI is InChI=1S/C26H31N7O/c1-4-22-25(30(3)19-24-27-12-13-29(24)2)33-18-20(10-11-23(33)28-22)26(34)32-16-14-31(15-17-32)21-8-6-5-7-9-21/h5-13,18H,4,14-17,19H2,1-3H3. The zero-order valence-corrected chi connectivity index (χ0v) is 20.1. The Morgan fingerprint density at radius 3 is 2.50 bits per heavy atom. The molecule has 0 bridgehead atoms. The molecular weight excluding hydrogens is 426 g/mol. The lowest BCUT2D eigenvalue weighted by Crippen LogP contribution is -2.48. The van der Waals surface area contributed by atoms with Gasteiger partial charge in [0.1, 0.15) is 17.3 Å². The summed E-state index contributed by atoms with van der Waals surface area (Å²) in [6.45, 7) is 5.85. The number of fused-ring (bicyclic) bond motifs is 1. The Bertz CT molecular complexity index is 1290. The normalized spacial score (nSPS) is 14.1. The lowest BCUT2D eigenvalue weighted by atomic mass is 10.2. The van der Waals surface area contributed by atoms with Crippen molar-refractivity contribution in [2.45, 2.75) is 19.9 Å². The fourth-order valence-corrected chi connectivity index (χ4v) is 4.67. The van der Waals surface area contributed by atoms with Gasteiger partial charge >= 0.3 is 0 Å². The number of carbonyl (C=O) groups is 1. The van der Waals surface area contributed by atoms with Crippen LogP contribution < -0.4 is 9.80 Å². The van der Waals surface area contributed by atoms with Gasteiger partial charge in [0.25, 0.3) is 5.91 Å². The predicted octanol–water partition coefficient (Wildman–Crippen LogP) is 3.23. The Morgan fingerprint density at radius 1 is 1.06 bits per heavy atom. The number of pyridine rings is 1. The van der Waals surface area contributed by atoms with Crippen LogP contribution in [0.5, 0.6) is 0 Å². The number of carbonyl (C=O) groups excluding carboxylic acids is 1. The number of benzene rings is 1. The second kappa shape index (κ2) is 9.21. The van der Waals surface area contributed by atoms with Gasteiger partial charge in [-0.3, -0.25) is 9.20 Å². The number of para-hydroxylation sites is 1. The summed E-state index contributed by atoms with van der Waals surface area (Å²) in [7, 11) is 4.05. The molecule has 0 unspecified atom stereocenters. The maximum absolute atomic E-state index is 13.4. The van der Waals surface area contributed by atoms with Gasteiger partial charge in [-0.2, -0.15) is 0 Å². The number of hydrogen-bond acceptors (Lipinski definition) is 5. The summed E-state index contributed by atoms with van der Waals surface area (Å²) in [5.74, 6) is 2.05. The van der Waals surface area contributed by atoms with Crippen molar-refractivity contribution < 1.29 is 4.79 Å². The van der Waals surface area contributed by atoms with Crippen LogP contribution in [-0.4, -0.2) is 63.0 Å². The van der Waals surface area contributed by atoms with E-state index in [1.807, 2.05) is 53.3 Å². The van der Waals surface area contributed by atoms with Crippen LogP contribution in [0, 0.1) is 0 Å². The van der Waals surface area contributed by atoms with Crippen molar-refractivity contribution in [1.82, 2.24) is 23.8 Å². The van der Waals surface area contributed by atoms with Crippen LogP contribution in [0.4, 0.5) is 11.5 Å². The minimum absolute atomic E-state index is 0.0686. The number of imidazole rings is 2. The van der Waals surface area contributed by atoms with Gasteiger partial charge in [-0.15, -0.1) is 0 Å². The Labute approximate surface area is 200 Å². The molecule has 1 aromatic carbocycles. The van der Waals surface area contributed by atoms with Gasteiger partial charge in [-0.05, 0) is 30.7 Å². The molecule has 8 heteroatoms. The van der Waals surface area contributed by atoms with Crippen LogP contribution >= 0.6 is 0 Å². The quantitative estimate of drug-likeness (QED) is 0.445. The molecule has 0 spiro atoms. The van der Waals surface area contributed by atoms with Gasteiger partial charge in [-0.1, -0.05) is 25.1 Å². The highest BCUT2D eigenvalue weighted by molar-refractivity contribution is 5.94. The molecule has 5 rings (SSSR count). The molecule has 1 aliphatic rings. The number of anilines is 2. The summed E-state index contributed by atoms with van der Waals surface area (Å²) in [5.41, 5.74) is 3.76. The molecule has 34 heavy (non-hydrogen) atoms. The summed E-state index contributed by atoms with van der Waals surface area (Å²) in [5, 5.41) is 0. The van der Waals surface area contributed by atoms with Gasteiger partial charge in [0, 0.05) is 64.6 Å². The molecule has 0 aliphatic carbocycles. The van der Waals surface area contributed by atoms with E-state index in [0.717, 1.165) is 42.5 Å². The third-order valence-corrected chi connectivity index (χ3v) is 6.59. The summed E-state index contributed by atoms with van der Waals surface area (Å²) in [6.07, 6.45) is 6.52. The van der Waals surface area contributed by atoms with Gasteiger partial charge in [0.15, 0.2) is 0 Å². The topological polar surface area (TPSA) is 61.9 Å². The van der Waals surface area contributed by atoms with Crippen molar-refractivity contribution in [1.29, 1.82) is 0 Å². The smallest absolute Gasteiger partial charge is 0.255 e. The predicted molar refractivity (Wildman–Crippen MR) is 134 cm³/mol. The van der Waals surface area contributed by atoms with Gasteiger partial charge in [0.05, 0.1) is 17.8 Å². The zero-order valence-electron chi connectivity index (χ0n) is 20.1. The molecule has 3 aromatic heterocycles. The van der Waals surface area contributed by atoms with Gasteiger partial charge in [-0.25, -0.2) is 9.97 Å². The van der Waals surface area contributed by atoms with E-state index in [-0.39, 0.29) is 5.91 Å². The van der Waals surface area contributed by atoms with E-state index >= 15 is 0 Å². The SMILES string of the molecule is CCc1nc2ccc(C(=O)N3CCN(c4ccccc4)CC3)cn2c1N(C)Cc1nccn1C. The zero-order chi connectivity index (χ0) is 23.7. The second-order valence-corrected chi connectivity index (χ2v) is 8.81. The molecule has 0 N–H and O–H groups in total. The molecule has 0 saturated carbocycles. The van der Waals surface area contributed by atoms with Crippen LogP contribution in [0.3, 0.4) is 0 Å². The lowest BCUT2D eigenvalue weighted by Gasteiger charge is -2.36. The van der Waals surface area contributed by atoms with Crippen LogP contribution in [0.25, 0.3) is 5.65 Å². The number of piperazine rings is 1. The van der Waals surface area contributed by atoms with E-state index in [2.05, 4.69) is 57.4 Å². The molecule has 1 amide bonds. The third kappa shape index (κ3) is 4.11. The van der Waals surface area contributed by atoms with Gasteiger partial charge < -0.3 is 19.3 Å². The number of rotatable bonds is 6. The molecular formula is C26H31N7O. The molecule has 4 heterocycles. The minimum Gasteiger partial charge on any atom is -0.368 e. The van der Waals surface area contributed by atoms with E-state index in [1.54, 1.807) is 0 Å². The van der Waals surface area contributed by atoms with Crippen molar-refractivity contribution in [3.8, 4) is 0 Å². The molecule has 1 saturated heterocycles. The van der Waals surface area contributed by atoms with Crippen molar-refractivity contribution in [2.75, 3.05) is 43.0 Å². The van der Waals surface area contributed by atoms with Crippen molar-refractivity contribution in [2.24, 2.45) is 7.05 Å². The number of amides is 1. The van der Waals surface area contributed by atoms with Crippen molar-refractivity contribution >= 4 is 23.1 Å². The lowest BCUT2D eigenvalue weighted by molar-refractivity contribution is 0.0746. The molecule has 0 radical (unpaired) electrons. The van der Waals surface area contributed by atoms with E-state index in [9.17, 15) is 4.79 Å². The minimum atomic E-state index is 0.0686. The van der Waals surface area contributed by atoms with Crippen molar-refractivity contribution in [3.05, 3.63) is 78.1 Å². The van der Waals surface area contributed by atoms with E-state index in [4.69, 9.17) is 4.98 Å². The average molecular weight is 458 g/mol. The number of nitrogens with zero attached hydrogens (tertiary/aromatic N) is 7. The maximum atomic E-state index is 13.4. The van der Waals surface area contributed by atoms with E-state index in [1.165, 1.54) is 5.69 Å². The molecule has 176 valence electrons. The Balaban J connectivity index is 1.37. The van der Waals surface area contributed by atoms with Crippen LogP contribution in [0.1, 0.15) is 28.8 Å². The maximum Gasteiger partial charge on any atom is 0.255 e. The van der Waals surface area contributed by atoms with E-state index < -0.39 is 0 Å². The first-order valence-corrected chi connectivity index (χ1v) is 11.8. The first-order chi connectivity index (χ1) is 16.5. The number of aryl methyl sites for hydroxylation is 2. The average Bonchev–Trinajstić information content (AvgIpc) is 3.46. The fourth-order valence-electron chi connectivity index (χ4n) is 4.67. The van der Waals surface area contributed by atoms with E-state index in [0.29, 0.717) is 25.2 Å². The summed E-state index contributed by atoms with van der Waals surface area (Å²) in [4.78, 5) is 29.1. The first kappa shape index (κ1) is 22.0. The Morgan fingerprint density at radius 2 is 1.82 bits per heavy atom. The monoisotopic (exact) mass is 457 g/mol. The fraction of sp³-hybridized carbons (Fsp3) is 0.346. The number of aromatic nitrogens is 4. The third-order valence-electron chi connectivity index (χ3n) is 6.59. The molecule has 8 nitrogen and oxygen atoms in total. The van der Waals surface area contributed by atoms with Gasteiger partial charge in [0.2, 0.25) is 0 Å².